The molecule has 12 heavy (non-hydrogen) atoms. The van der Waals surface area contributed by atoms with Crippen LogP contribution in [0, 0.1) is 5.92 Å². The molecule has 4 N–H and O–H groups in total. The summed E-state index contributed by atoms with van der Waals surface area (Å²) in [5, 5.41) is 13.4. The van der Waals surface area contributed by atoms with Crippen LogP contribution < -0.4 is 11.1 Å². The fourth-order valence-corrected chi connectivity index (χ4v) is 0.573. The summed E-state index contributed by atoms with van der Waals surface area (Å²) in [4.78, 5) is 11.1. The van der Waals surface area contributed by atoms with E-state index in [9.17, 15) is 4.79 Å². The largest absolute Gasteiger partial charge is 0.409 e. The lowest BCUT2D eigenvalue weighted by molar-refractivity contribution is -0.124. The Balaban J connectivity index is 3.72. The van der Waals surface area contributed by atoms with E-state index in [1.165, 1.54) is 0 Å². The normalized spacial score (nSPS) is 14.0. The van der Waals surface area contributed by atoms with Crippen LogP contribution >= 0.6 is 0 Å². The van der Waals surface area contributed by atoms with Crippen molar-refractivity contribution in [3.63, 3.8) is 0 Å². The van der Waals surface area contributed by atoms with Crippen molar-refractivity contribution in [3.8, 4) is 0 Å². The summed E-state index contributed by atoms with van der Waals surface area (Å²) in [6.45, 7) is 3.84. The Bertz CT molecular complexity index is 179. The Hall–Kier alpha value is -1.26. The Labute approximate surface area is 71.6 Å². The third-order valence-electron chi connectivity index (χ3n) is 1.63. The molecule has 0 saturated heterocycles. The fourth-order valence-electron chi connectivity index (χ4n) is 0.573. The van der Waals surface area contributed by atoms with Crippen LogP contribution in [0.3, 0.4) is 0 Å². The van der Waals surface area contributed by atoms with Crippen LogP contribution in [0.25, 0.3) is 0 Å². The molecule has 0 aliphatic rings. The highest BCUT2D eigenvalue weighted by atomic mass is 16.4. The number of nitrogens with one attached hydrogen (secondary N) is 1. The van der Waals surface area contributed by atoms with Gasteiger partial charge in [-0.15, -0.1) is 0 Å². The second kappa shape index (κ2) is 5.40. The molecule has 0 spiro atoms. The number of amides is 1. The molecule has 70 valence electrons. The predicted molar refractivity (Wildman–Crippen MR) is 45.9 cm³/mol. The molecule has 0 radical (unpaired) electrons. The molecule has 0 aliphatic heterocycles. The predicted octanol–water partition coefficient (Wildman–Crippen LogP) is -0.105. The summed E-state index contributed by atoms with van der Waals surface area (Å²) in [5.41, 5.74) is 5.15. The van der Waals surface area contributed by atoms with Crippen molar-refractivity contribution in [1.29, 1.82) is 0 Å². The van der Waals surface area contributed by atoms with Gasteiger partial charge in [-0.2, -0.15) is 0 Å². The van der Waals surface area contributed by atoms with Crippen molar-refractivity contribution >= 4 is 11.7 Å². The fraction of sp³-hybridized carbons (Fsp3) is 0.714. The smallest absolute Gasteiger partial charge is 0.223 e. The number of hydrogen-bond acceptors (Lipinski definition) is 3. The van der Waals surface area contributed by atoms with Gasteiger partial charge in [-0.05, 0) is 6.42 Å². The molecule has 0 bridgehead atoms. The second-order valence-electron chi connectivity index (χ2n) is 2.62. The monoisotopic (exact) mass is 173 g/mol. The second-order valence-corrected chi connectivity index (χ2v) is 2.62. The summed E-state index contributed by atoms with van der Waals surface area (Å²) < 4.78 is 0. The quantitative estimate of drug-likeness (QED) is 0.240. The lowest BCUT2D eigenvalue weighted by Gasteiger charge is -2.08. The van der Waals surface area contributed by atoms with Gasteiger partial charge in [-0.3, -0.25) is 4.79 Å². The van der Waals surface area contributed by atoms with E-state index in [-0.39, 0.29) is 24.2 Å². The van der Waals surface area contributed by atoms with Crippen molar-refractivity contribution in [1.82, 2.24) is 5.32 Å². The van der Waals surface area contributed by atoms with Crippen LogP contribution in [-0.2, 0) is 4.79 Å². The van der Waals surface area contributed by atoms with Crippen LogP contribution in [-0.4, -0.2) is 23.5 Å². The molecule has 0 aromatic carbocycles. The molecule has 0 fully saturated rings. The summed E-state index contributed by atoms with van der Waals surface area (Å²) in [7, 11) is 0. The van der Waals surface area contributed by atoms with Gasteiger partial charge in [0, 0.05) is 5.92 Å². The number of rotatable bonds is 4. The number of oxime groups is 1. The van der Waals surface area contributed by atoms with Crippen LogP contribution in [0.5, 0.6) is 0 Å². The van der Waals surface area contributed by atoms with Crippen molar-refractivity contribution in [2.24, 2.45) is 16.8 Å². The minimum atomic E-state index is -0.0795. The highest BCUT2D eigenvalue weighted by molar-refractivity contribution is 5.87. The highest BCUT2D eigenvalue weighted by Gasteiger charge is 2.09. The summed E-state index contributed by atoms with van der Waals surface area (Å²) in [6, 6.07) is 0. The SMILES string of the molecule is CCC(C)C(=O)NC/C(N)=N/O. The van der Waals surface area contributed by atoms with Gasteiger partial charge in [0.2, 0.25) is 5.91 Å². The number of carbonyl (C=O) groups excluding carboxylic acids is 1. The number of hydrogen-bond donors (Lipinski definition) is 3. The van der Waals surface area contributed by atoms with E-state index >= 15 is 0 Å². The number of amidine groups is 1. The molecule has 0 saturated carbocycles. The first kappa shape index (κ1) is 10.7. The summed E-state index contributed by atoms with van der Waals surface area (Å²) in [5.74, 6) is -0.104. The summed E-state index contributed by atoms with van der Waals surface area (Å²) in [6.07, 6.45) is 0.780. The highest BCUT2D eigenvalue weighted by Crippen LogP contribution is 1.98. The number of nitrogens with zero attached hydrogens (tertiary/aromatic N) is 1. The van der Waals surface area contributed by atoms with Crippen molar-refractivity contribution < 1.29 is 10.0 Å². The van der Waals surface area contributed by atoms with Gasteiger partial charge >= 0.3 is 0 Å². The van der Waals surface area contributed by atoms with Gasteiger partial charge in [0.1, 0.15) is 0 Å². The molecule has 0 heterocycles. The van der Waals surface area contributed by atoms with E-state index in [0.29, 0.717) is 0 Å². The third-order valence-corrected chi connectivity index (χ3v) is 1.63. The molecule has 0 rings (SSSR count). The molecule has 0 aliphatic carbocycles. The van der Waals surface area contributed by atoms with E-state index in [2.05, 4.69) is 10.5 Å². The van der Waals surface area contributed by atoms with Crippen molar-refractivity contribution in [2.45, 2.75) is 20.3 Å². The first-order valence-corrected chi connectivity index (χ1v) is 3.85. The van der Waals surface area contributed by atoms with E-state index in [0.717, 1.165) is 6.42 Å². The van der Waals surface area contributed by atoms with E-state index in [1.54, 1.807) is 0 Å². The molecular weight excluding hydrogens is 158 g/mol. The van der Waals surface area contributed by atoms with Gasteiger partial charge in [0.15, 0.2) is 5.84 Å². The van der Waals surface area contributed by atoms with E-state index < -0.39 is 0 Å². The zero-order chi connectivity index (χ0) is 9.56. The standard InChI is InChI=1S/C7H15N3O2/c1-3-5(2)7(11)9-4-6(8)10-12/h5,12H,3-4H2,1-2H3,(H2,8,10)(H,9,11). The number of carbonyl (C=O) groups is 1. The molecule has 1 amide bonds. The van der Waals surface area contributed by atoms with Gasteiger partial charge < -0.3 is 16.3 Å². The van der Waals surface area contributed by atoms with Gasteiger partial charge in [0.25, 0.3) is 0 Å². The Kier molecular flexibility index (Phi) is 4.83. The Morgan fingerprint density at radius 1 is 1.75 bits per heavy atom. The maximum absolute atomic E-state index is 11.1. The van der Waals surface area contributed by atoms with Crippen molar-refractivity contribution in [3.05, 3.63) is 0 Å². The van der Waals surface area contributed by atoms with Crippen molar-refractivity contribution in [2.75, 3.05) is 6.54 Å². The van der Waals surface area contributed by atoms with Crippen LogP contribution in [0.15, 0.2) is 5.16 Å². The van der Waals surface area contributed by atoms with Crippen LogP contribution in [0.2, 0.25) is 0 Å². The van der Waals surface area contributed by atoms with E-state index in [1.807, 2.05) is 13.8 Å². The third kappa shape index (κ3) is 3.80. The average Bonchev–Trinajstić information content (AvgIpc) is 2.11. The molecule has 0 aromatic rings. The van der Waals surface area contributed by atoms with E-state index in [4.69, 9.17) is 10.9 Å². The molecule has 1 atom stereocenters. The zero-order valence-corrected chi connectivity index (χ0v) is 7.37. The number of nitrogens with two attached hydrogens (primary N) is 1. The first-order valence-electron chi connectivity index (χ1n) is 3.85. The van der Waals surface area contributed by atoms with Crippen LogP contribution in [0.1, 0.15) is 20.3 Å². The lowest BCUT2D eigenvalue weighted by atomic mass is 10.1. The summed E-state index contributed by atoms with van der Waals surface area (Å²) >= 11 is 0. The first-order chi connectivity index (χ1) is 5.61. The molecular formula is C7H15N3O2. The van der Waals surface area contributed by atoms with Gasteiger partial charge in [-0.1, -0.05) is 19.0 Å². The maximum atomic E-state index is 11.1. The topological polar surface area (TPSA) is 87.7 Å². The molecule has 0 aromatic heterocycles. The lowest BCUT2D eigenvalue weighted by Crippen LogP contribution is -2.36. The maximum Gasteiger partial charge on any atom is 0.223 e. The minimum Gasteiger partial charge on any atom is -0.409 e. The zero-order valence-electron chi connectivity index (χ0n) is 7.37. The average molecular weight is 173 g/mol. The molecule has 5 heteroatoms. The molecule has 5 nitrogen and oxygen atoms in total. The van der Waals surface area contributed by atoms with Gasteiger partial charge in [0.05, 0.1) is 6.54 Å². The van der Waals surface area contributed by atoms with Crippen LogP contribution in [0.4, 0.5) is 0 Å². The molecule has 1 unspecified atom stereocenters. The van der Waals surface area contributed by atoms with Gasteiger partial charge in [-0.25, -0.2) is 0 Å². The Morgan fingerprint density at radius 3 is 2.75 bits per heavy atom. The Morgan fingerprint density at radius 2 is 2.33 bits per heavy atom. The minimum absolute atomic E-state index is 0.00616.